The number of carbonyl (C=O) groups is 1. The third kappa shape index (κ3) is 4.06. The number of nitrogen functional groups attached to an aromatic ring is 1. The molecule has 1 saturated carbocycles. The van der Waals surface area contributed by atoms with Crippen LogP contribution in [-0.2, 0) is 0 Å². The molecule has 0 radical (unpaired) electrons. The van der Waals surface area contributed by atoms with Crippen molar-refractivity contribution in [3.63, 3.8) is 0 Å². The Morgan fingerprint density at radius 3 is 2.76 bits per heavy atom. The van der Waals surface area contributed by atoms with E-state index in [9.17, 15) is 4.79 Å². The maximum atomic E-state index is 11.9. The number of nitrogens with two attached hydrogens (primary N) is 1. The summed E-state index contributed by atoms with van der Waals surface area (Å²) in [5, 5.41) is 4.29. The lowest BCUT2D eigenvalue weighted by molar-refractivity contribution is 0.0827. The van der Waals surface area contributed by atoms with Gasteiger partial charge in [-0.1, -0.05) is 6.42 Å². The first-order valence-electron chi connectivity index (χ1n) is 7.41. The monoisotopic (exact) mass is 307 g/mol. The summed E-state index contributed by atoms with van der Waals surface area (Å²) in [6.07, 6.45) is 7.13. The van der Waals surface area contributed by atoms with E-state index in [0.717, 1.165) is 10.9 Å². The lowest BCUT2D eigenvalue weighted by atomic mass is 9.94. The van der Waals surface area contributed by atoms with Gasteiger partial charge in [0, 0.05) is 31.0 Å². The van der Waals surface area contributed by atoms with E-state index in [1.165, 1.54) is 25.7 Å². The van der Waals surface area contributed by atoms with Crippen LogP contribution in [0.2, 0.25) is 0 Å². The van der Waals surface area contributed by atoms with Gasteiger partial charge in [0.1, 0.15) is 0 Å². The molecule has 0 saturated heterocycles. The smallest absolute Gasteiger partial charge is 0.253 e. The lowest BCUT2D eigenvalue weighted by Gasteiger charge is -2.30. The predicted molar refractivity (Wildman–Crippen MR) is 92.1 cm³/mol. The number of nitrogens with one attached hydrogen (secondary N) is 1. The zero-order valence-electron chi connectivity index (χ0n) is 13.1. The summed E-state index contributed by atoms with van der Waals surface area (Å²) >= 11 is 1.95. The Morgan fingerprint density at radius 1 is 1.38 bits per heavy atom. The molecule has 1 aromatic carbocycles. The van der Waals surface area contributed by atoms with E-state index in [4.69, 9.17) is 5.73 Å². The molecular weight excluding hydrogens is 282 g/mol. The largest absolute Gasteiger partial charge is 0.397 e. The fourth-order valence-electron chi connectivity index (χ4n) is 2.80. The fourth-order valence-corrected chi connectivity index (χ4v) is 3.62. The number of carbonyl (C=O) groups excluding carboxylic acids is 1. The van der Waals surface area contributed by atoms with E-state index in [1.54, 1.807) is 25.1 Å². The van der Waals surface area contributed by atoms with E-state index in [0.29, 0.717) is 17.3 Å². The quantitative estimate of drug-likeness (QED) is 0.839. The van der Waals surface area contributed by atoms with Crippen molar-refractivity contribution in [2.45, 2.75) is 37.0 Å². The molecule has 1 amide bonds. The molecule has 0 bridgehead atoms. The molecule has 2 rings (SSSR count). The Bertz CT molecular complexity index is 504. The van der Waals surface area contributed by atoms with Crippen LogP contribution in [-0.4, -0.2) is 42.4 Å². The lowest BCUT2D eigenvalue weighted by Crippen LogP contribution is -2.29. The van der Waals surface area contributed by atoms with Gasteiger partial charge in [-0.2, -0.15) is 11.8 Å². The van der Waals surface area contributed by atoms with Crippen LogP contribution in [0.25, 0.3) is 0 Å². The second kappa shape index (κ2) is 7.07. The molecule has 0 aromatic heterocycles. The molecule has 2 unspecified atom stereocenters. The molecular formula is C16H25N3OS. The Labute approximate surface area is 131 Å². The van der Waals surface area contributed by atoms with Crippen LogP contribution >= 0.6 is 11.8 Å². The first-order chi connectivity index (χ1) is 10.0. The van der Waals surface area contributed by atoms with Gasteiger partial charge in [-0.3, -0.25) is 4.79 Å². The predicted octanol–water partition coefficient (Wildman–Crippen LogP) is 3.06. The molecule has 5 heteroatoms. The van der Waals surface area contributed by atoms with Crippen LogP contribution in [0.1, 0.15) is 36.0 Å². The summed E-state index contributed by atoms with van der Waals surface area (Å²) in [6, 6.07) is 6.01. The second-order valence-corrected chi connectivity index (χ2v) is 7.01. The normalized spacial score (nSPS) is 21.9. The molecule has 2 atom stereocenters. The second-order valence-electron chi connectivity index (χ2n) is 5.87. The molecule has 1 aliphatic carbocycles. The molecule has 21 heavy (non-hydrogen) atoms. The topological polar surface area (TPSA) is 58.4 Å². The van der Waals surface area contributed by atoms with Gasteiger partial charge in [0.2, 0.25) is 0 Å². The van der Waals surface area contributed by atoms with Gasteiger partial charge in [0.15, 0.2) is 0 Å². The highest BCUT2D eigenvalue weighted by atomic mass is 32.2. The van der Waals surface area contributed by atoms with Gasteiger partial charge in [0.05, 0.1) is 11.4 Å². The zero-order valence-corrected chi connectivity index (χ0v) is 13.9. The highest BCUT2D eigenvalue weighted by Gasteiger charge is 2.21. The van der Waals surface area contributed by atoms with Crippen LogP contribution in [0.3, 0.4) is 0 Å². The molecule has 1 aliphatic rings. The summed E-state index contributed by atoms with van der Waals surface area (Å²) in [5.41, 5.74) is 8.33. The Balaban J connectivity index is 2.05. The minimum absolute atomic E-state index is 0.0200. The molecule has 1 aromatic rings. The van der Waals surface area contributed by atoms with Gasteiger partial charge >= 0.3 is 0 Å². The number of hydrogen-bond acceptors (Lipinski definition) is 4. The average Bonchev–Trinajstić information content (AvgIpc) is 2.48. The van der Waals surface area contributed by atoms with Crippen LogP contribution in [0, 0.1) is 0 Å². The standard InChI is InChI=1S/C16H25N3OS/c1-19(2)16(20)11-7-8-15(14(17)9-11)18-12-5-4-6-13(10-12)21-3/h7-9,12-13,18H,4-6,10,17H2,1-3H3. The summed E-state index contributed by atoms with van der Waals surface area (Å²) in [6.45, 7) is 0. The SMILES string of the molecule is CSC1CCCC(Nc2ccc(C(=O)N(C)C)cc2N)C1. The summed E-state index contributed by atoms with van der Waals surface area (Å²) in [4.78, 5) is 13.5. The van der Waals surface area contributed by atoms with Gasteiger partial charge in [-0.05, 0) is 43.7 Å². The van der Waals surface area contributed by atoms with Crippen molar-refractivity contribution in [3.05, 3.63) is 23.8 Å². The first-order valence-corrected chi connectivity index (χ1v) is 8.70. The number of benzene rings is 1. The Kier molecular flexibility index (Phi) is 5.39. The average molecular weight is 307 g/mol. The van der Waals surface area contributed by atoms with Crippen molar-refractivity contribution in [1.82, 2.24) is 4.90 Å². The summed E-state index contributed by atoms with van der Waals surface area (Å²) in [5.74, 6) is -0.0200. The summed E-state index contributed by atoms with van der Waals surface area (Å²) < 4.78 is 0. The number of thioether (sulfide) groups is 1. The highest BCUT2D eigenvalue weighted by Crippen LogP contribution is 2.30. The fraction of sp³-hybridized carbons (Fsp3) is 0.562. The van der Waals surface area contributed by atoms with Gasteiger partial charge in [-0.15, -0.1) is 0 Å². The molecule has 0 spiro atoms. The molecule has 4 nitrogen and oxygen atoms in total. The van der Waals surface area contributed by atoms with Crippen LogP contribution in [0.4, 0.5) is 11.4 Å². The number of hydrogen-bond donors (Lipinski definition) is 2. The maximum Gasteiger partial charge on any atom is 0.253 e. The maximum absolute atomic E-state index is 11.9. The van der Waals surface area contributed by atoms with E-state index in [1.807, 2.05) is 23.9 Å². The molecule has 0 aliphatic heterocycles. The number of rotatable bonds is 4. The minimum Gasteiger partial charge on any atom is -0.397 e. The third-order valence-corrected chi connectivity index (χ3v) is 5.12. The van der Waals surface area contributed by atoms with Crippen molar-refractivity contribution in [3.8, 4) is 0 Å². The van der Waals surface area contributed by atoms with E-state index < -0.39 is 0 Å². The molecule has 116 valence electrons. The van der Waals surface area contributed by atoms with Crippen LogP contribution < -0.4 is 11.1 Å². The van der Waals surface area contributed by atoms with Crippen molar-refractivity contribution in [2.24, 2.45) is 0 Å². The van der Waals surface area contributed by atoms with Crippen molar-refractivity contribution >= 4 is 29.0 Å². The van der Waals surface area contributed by atoms with Crippen LogP contribution in [0.15, 0.2) is 18.2 Å². The highest BCUT2D eigenvalue weighted by molar-refractivity contribution is 7.99. The number of nitrogens with zero attached hydrogens (tertiary/aromatic N) is 1. The Hall–Kier alpha value is -1.36. The summed E-state index contributed by atoms with van der Waals surface area (Å²) in [7, 11) is 3.49. The third-order valence-electron chi connectivity index (χ3n) is 4.02. The number of anilines is 2. The molecule has 1 fully saturated rings. The van der Waals surface area contributed by atoms with Crippen molar-refractivity contribution < 1.29 is 4.79 Å². The van der Waals surface area contributed by atoms with Gasteiger partial charge in [-0.25, -0.2) is 0 Å². The zero-order chi connectivity index (χ0) is 15.4. The van der Waals surface area contributed by atoms with Gasteiger partial charge in [0.25, 0.3) is 5.91 Å². The van der Waals surface area contributed by atoms with Crippen molar-refractivity contribution in [1.29, 1.82) is 0 Å². The van der Waals surface area contributed by atoms with Crippen LogP contribution in [0.5, 0.6) is 0 Å². The van der Waals surface area contributed by atoms with Gasteiger partial charge < -0.3 is 16.0 Å². The number of amides is 1. The molecule has 3 N–H and O–H groups in total. The van der Waals surface area contributed by atoms with Crippen molar-refractivity contribution in [2.75, 3.05) is 31.4 Å². The first kappa shape index (κ1) is 16.0. The van der Waals surface area contributed by atoms with E-state index >= 15 is 0 Å². The minimum atomic E-state index is -0.0200. The molecule has 0 heterocycles. The van der Waals surface area contributed by atoms with E-state index in [-0.39, 0.29) is 5.91 Å². The Morgan fingerprint density at radius 2 is 2.14 bits per heavy atom. The van der Waals surface area contributed by atoms with E-state index in [2.05, 4.69) is 11.6 Å².